The first kappa shape index (κ1) is 14.3. The zero-order valence-electron chi connectivity index (χ0n) is 10.1. The number of nitrogen functional groups attached to an aromatic ring is 1. The Labute approximate surface area is 109 Å². The number of thioether (sulfide) groups is 1. The van der Waals surface area contributed by atoms with Gasteiger partial charge in [-0.3, -0.25) is 4.79 Å². The highest BCUT2D eigenvalue weighted by Crippen LogP contribution is 2.30. The third-order valence-corrected chi connectivity index (χ3v) is 4.28. The van der Waals surface area contributed by atoms with E-state index in [-0.39, 0.29) is 11.9 Å². The van der Waals surface area contributed by atoms with Crippen molar-refractivity contribution in [2.45, 2.75) is 24.1 Å². The Kier molecular flexibility index (Phi) is 5.73. The van der Waals surface area contributed by atoms with Crippen molar-refractivity contribution in [1.82, 2.24) is 10.3 Å². The Morgan fingerprint density at radius 2 is 2.41 bits per heavy atom. The molecule has 0 fully saturated rings. The minimum absolute atomic E-state index is 0.00841. The number of aromatic nitrogens is 1. The van der Waals surface area contributed by atoms with Gasteiger partial charge in [0.2, 0.25) is 5.91 Å². The molecule has 1 amide bonds. The first-order valence-electron chi connectivity index (χ1n) is 5.17. The van der Waals surface area contributed by atoms with Crippen LogP contribution in [0.5, 0.6) is 0 Å². The average molecular weight is 275 g/mol. The molecule has 7 heteroatoms. The van der Waals surface area contributed by atoms with E-state index < -0.39 is 0 Å². The monoisotopic (exact) mass is 275 g/mol. The van der Waals surface area contributed by atoms with Crippen LogP contribution in [0.2, 0.25) is 0 Å². The standard InChI is InChI=1S/C10H17N3O2S2/c1-6(4-15-3)12-8(14)5-16-9-7(2)13-10(11)17-9/h6H,4-5H2,1-3H3,(H2,11,13)(H,12,14). The van der Waals surface area contributed by atoms with Crippen LogP contribution >= 0.6 is 23.1 Å². The third-order valence-electron chi connectivity index (χ3n) is 1.93. The minimum Gasteiger partial charge on any atom is -0.383 e. The van der Waals surface area contributed by atoms with Crippen molar-refractivity contribution in [2.24, 2.45) is 0 Å². The molecule has 0 aliphatic rings. The van der Waals surface area contributed by atoms with Crippen LogP contribution in [-0.2, 0) is 9.53 Å². The maximum absolute atomic E-state index is 11.6. The molecule has 1 heterocycles. The van der Waals surface area contributed by atoms with Gasteiger partial charge >= 0.3 is 0 Å². The maximum Gasteiger partial charge on any atom is 0.230 e. The number of thiazole rings is 1. The smallest absolute Gasteiger partial charge is 0.230 e. The number of nitrogens with zero attached hydrogens (tertiary/aromatic N) is 1. The molecule has 1 aromatic heterocycles. The summed E-state index contributed by atoms with van der Waals surface area (Å²) in [4.78, 5) is 15.7. The number of methoxy groups -OCH3 is 1. The zero-order valence-corrected chi connectivity index (χ0v) is 11.8. The average Bonchev–Trinajstić information content (AvgIpc) is 2.54. The molecule has 0 saturated heterocycles. The summed E-state index contributed by atoms with van der Waals surface area (Å²) in [6, 6.07) is 0.0285. The van der Waals surface area contributed by atoms with Crippen molar-refractivity contribution in [2.75, 3.05) is 25.2 Å². The summed E-state index contributed by atoms with van der Waals surface area (Å²) >= 11 is 2.87. The van der Waals surface area contributed by atoms with Gasteiger partial charge in [0.25, 0.3) is 0 Å². The van der Waals surface area contributed by atoms with Crippen molar-refractivity contribution >= 4 is 34.1 Å². The maximum atomic E-state index is 11.6. The summed E-state index contributed by atoms with van der Waals surface area (Å²) in [5, 5.41) is 3.39. The number of hydrogen-bond acceptors (Lipinski definition) is 6. The van der Waals surface area contributed by atoms with Crippen LogP contribution in [0.15, 0.2) is 4.21 Å². The van der Waals surface area contributed by atoms with Crippen molar-refractivity contribution in [3.05, 3.63) is 5.69 Å². The van der Waals surface area contributed by atoms with Gasteiger partial charge in [0.15, 0.2) is 5.13 Å². The number of hydrogen-bond donors (Lipinski definition) is 2. The van der Waals surface area contributed by atoms with Crippen LogP contribution < -0.4 is 11.1 Å². The number of carbonyl (C=O) groups excluding carboxylic acids is 1. The van der Waals surface area contributed by atoms with Gasteiger partial charge in [0.05, 0.1) is 22.3 Å². The quantitative estimate of drug-likeness (QED) is 0.765. The highest BCUT2D eigenvalue weighted by Gasteiger charge is 2.10. The molecule has 0 bridgehead atoms. The second-order valence-corrected chi connectivity index (χ2v) is 5.91. The van der Waals surface area contributed by atoms with Crippen molar-refractivity contribution in [3.8, 4) is 0 Å². The van der Waals surface area contributed by atoms with Crippen molar-refractivity contribution < 1.29 is 9.53 Å². The lowest BCUT2D eigenvalue weighted by Crippen LogP contribution is -2.36. The lowest BCUT2D eigenvalue weighted by atomic mass is 10.3. The molecular weight excluding hydrogens is 258 g/mol. The molecule has 96 valence electrons. The second kappa shape index (κ2) is 6.83. The highest BCUT2D eigenvalue weighted by molar-refractivity contribution is 8.01. The molecule has 0 aliphatic heterocycles. The van der Waals surface area contributed by atoms with Crippen LogP contribution in [0, 0.1) is 6.92 Å². The number of carbonyl (C=O) groups is 1. The summed E-state index contributed by atoms with van der Waals surface area (Å²) in [5.41, 5.74) is 6.47. The van der Waals surface area contributed by atoms with E-state index in [2.05, 4.69) is 10.3 Å². The summed E-state index contributed by atoms with van der Waals surface area (Å²) in [7, 11) is 1.61. The molecule has 0 aliphatic carbocycles. The Morgan fingerprint density at radius 3 is 2.94 bits per heavy atom. The van der Waals surface area contributed by atoms with Crippen LogP contribution in [0.3, 0.4) is 0 Å². The fourth-order valence-corrected chi connectivity index (χ4v) is 3.11. The topological polar surface area (TPSA) is 77.2 Å². The molecule has 0 spiro atoms. The van der Waals surface area contributed by atoms with E-state index in [0.717, 1.165) is 9.90 Å². The number of anilines is 1. The molecule has 1 rings (SSSR count). The number of nitrogens with two attached hydrogens (primary N) is 1. The van der Waals surface area contributed by atoms with Gasteiger partial charge in [-0.15, -0.1) is 11.8 Å². The number of nitrogens with one attached hydrogen (secondary N) is 1. The molecule has 1 aromatic rings. The molecular formula is C10H17N3O2S2. The van der Waals surface area contributed by atoms with Crippen LogP contribution in [0.1, 0.15) is 12.6 Å². The van der Waals surface area contributed by atoms with Gasteiger partial charge in [0, 0.05) is 13.2 Å². The number of rotatable bonds is 6. The number of ether oxygens (including phenoxy) is 1. The molecule has 3 N–H and O–H groups in total. The SMILES string of the molecule is COCC(C)NC(=O)CSc1sc(N)nc1C. The molecule has 5 nitrogen and oxygen atoms in total. The molecule has 1 unspecified atom stereocenters. The Hall–Kier alpha value is -0.790. The van der Waals surface area contributed by atoms with Crippen molar-refractivity contribution in [3.63, 3.8) is 0 Å². The summed E-state index contributed by atoms with van der Waals surface area (Å²) in [5.74, 6) is 0.363. The number of amides is 1. The van der Waals surface area contributed by atoms with Gasteiger partial charge in [-0.1, -0.05) is 11.3 Å². The second-order valence-electron chi connectivity index (χ2n) is 3.64. The van der Waals surface area contributed by atoms with E-state index in [9.17, 15) is 4.79 Å². The van der Waals surface area contributed by atoms with E-state index >= 15 is 0 Å². The fourth-order valence-electron chi connectivity index (χ4n) is 1.28. The summed E-state index contributed by atoms with van der Waals surface area (Å²) in [6.07, 6.45) is 0. The fraction of sp³-hybridized carbons (Fsp3) is 0.600. The lowest BCUT2D eigenvalue weighted by Gasteiger charge is -2.12. The van der Waals surface area contributed by atoms with E-state index in [4.69, 9.17) is 10.5 Å². The lowest BCUT2D eigenvalue weighted by molar-refractivity contribution is -0.119. The summed E-state index contributed by atoms with van der Waals surface area (Å²) in [6.45, 7) is 4.31. The van der Waals surface area contributed by atoms with Gasteiger partial charge in [-0.25, -0.2) is 4.98 Å². The van der Waals surface area contributed by atoms with Gasteiger partial charge < -0.3 is 15.8 Å². The third kappa shape index (κ3) is 4.93. The van der Waals surface area contributed by atoms with E-state index in [1.165, 1.54) is 23.1 Å². The Morgan fingerprint density at radius 1 is 1.71 bits per heavy atom. The predicted molar refractivity (Wildman–Crippen MR) is 71.5 cm³/mol. The molecule has 17 heavy (non-hydrogen) atoms. The van der Waals surface area contributed by atoms with E-state index in [1.54, 1.807) is 7.11 Å². The first-order valence-corrected chi connectivity index (χ1v) is 6.97. The minimum atomic E-state index is -0.00841. The number of aryl methyl sites for hydroxylation is 1. The van der Waals surface area contributed by atoms with E-state index in [0.29, 0.717) is 17.5 Å². The molecule has 1 atom stereocenters. The Balaban J connectivity index is 2.35. The molecule has 0 aromatic carbocycles. The van der Waals surface area contributed by atoms with Crippen LogP contribution in [0.4, 0.5) is 5.13 Å². The normalized spacial score (nSPS) is 12.4. The zero-order chi connectivity index (χ0) is 12.8. The molecule has 0 saturated carbocycles. The highest BCUT2D eigenvalue weighted by atomic mass is 32.2. The first-order chi connectivity index (χ1) is 8.02. The van der Waals surface area contributed by atoms with Crippen LogP contribution in [0.25, 0.3) is 0 Å². The van der Waals surface area contributed by atoms with Gasteiger partial charge in [0.1, 0.15) is 0 Å². The van der Waals surface area contributed by atoms with Crippen molar-refractivity contribution in [1.29, 1.82) is 0 Å². The summed E-state index contributed by atoms with van der Waals surface area (Å²) < 4.78 is 5.94. The van der Waals surface area contributed by atoms with Gasteiger partial charge in [-0.2, -0.15) is 0 Å². The van der Waals surface area contributed by atoms with Gasteiger partial charge in [-0.05, 0) is 13.8 Å². The van der Waals surface area contributed by atoms with Crippen LogP contribution in [-0.4, -0.2) is 36.4 Å². The van der Waals surface area contributed by atoms with E-state index in [1.807, 2.05) is 13.8 Å². The Bertz CT molecular complexity index is 382. The largest absolute Gasteiger partial charge is 0.383 e. The predicted octanol–water partition coefficient (Wildman–Crippen LogP) is 1.28. The molecule has 0 radical (unpaired) electrons.